The first-order valence-corrected chi connectivity index (χ1v) is 11.8. The van der Waals surface area contributed by atoms with Crippen LogP contribution in [-0.4, -0.2) is 0 Å². The molecule has 0 aliphatic carbocycles. The highest BCUT2D eigenvalue weighted by molar-refractivity contribution is 6.10. The lowest BCUT2D eigenvalue weighted by Gasteiger charge is -2.13. The highest BCUT2D eigenvalue weighted by Gasteiger charge is 2.10. The average Bonchev–Trinajstić information content (AvgIpc) is 2.90. The minimum absolute atomic E-state index is 1.26. The molecule has 0 aliphatic rings. The van der Waals surface area contributed by atoms with Crippen molar-refractivity contribution in [3.05, 3.63) is 133 Å². The zero-order chi connectivity index (χ0) is 22.5. The van der Waals surface area contributed by atoms with Gasteiger partial charge in [-0.05, 0) is 89.6 Å². The van der Waals surface area contributed by atoms with Gasteiger partial charge in [-0.15, -0.1) is 0 Å². The van der Waals surface area contributed by atoms with Gasteiger partial charge in [0, 0.05) is 0 Å². The van der Waals surface area contributed by atoms with Crippen molar-refractivity contribution in [2.75, 3.05) is 0 Å². The van der Waals surface area contributed by atoms with Gasteiger partial charge in [-0.1, -0.05) is 109 Å². The van der Waals surface area contributed by atoms with E-state index < -0.39 is 0 Å². The molecule has 0 heterocycles. The van der Waals surface area contributed by atoms with Crippen LogP contribution in [0.25, 0.3) is 65.3 Å². The molecule has 0 unspecified atom stereocenters. The van der Waals surface area contributed by atoms with Gasteiger partial charge in [-0.2, -0.15) is 0 Å². The molecule has 0 heteroatoms. The molecular formula is C34H22. The molecule has 0 spiro atoms. The van der Waals surface area contributed by atoms with E-state index in [4.69, 9.17) is 0 Å². The molecule has 0 aliphatic heterocycles. The van der Waals surface area contributed by atoms with E-state index in [0.29, 0.717) is 0 Å². The maximum absolute atomic E-state index is 2.39. The summed E-state index contributed by atoms with van der Waals surface area (Å²) in [6.45, 7) is 0. The van der Waals surface area contributed by atoms with Crippen LogP contribution in [0.5, 0.6) is 0 Å². The van der Waals surface area contributed by atoms with Crippen LogP contribution in [0, 0.1) is 0 Å². The second-order valence-corrected chi connectivity index (χ2v) is 9.03. The summed E-state index contributed by atoms with van der Waals surface area (Å²) in [6.07, 6.45) is 0. The summed E-state index contributed by atoms with van der Waals surface area (Å²) in [4.78, 5) is 0. The third-order valence-electron chi connectivity index (χ3n) is 7.00. The number of hydrogen-bond donors (Lipinski definition) is 0. The fourth-order valence-corrected chi connectivity index (χ4v) is 5.27. The van der Waals surface area contributed by atoms with Crippen molar-refractivity contribution in [2.24, 2.45) is 0 Å². The van der Waals surface area contributed by atoms with Crippen molar-refractivity contribution >= 4 is 43.1 Å². The van der Waals surface area contributed by atoms with Gasteiger partial charge in [0.15, 0.2) is 0 Å². The molecule has 158 valence electrons. The van der Waals surface area contributed by atoms with E-state index in [1.54, 1.807) is 0 Å². The van der Waals surface area contributed by atoms with Crippen molar-refractivity contribution in [3.8, 4) is 22.3 Å². The molecule has 0 fully saturated rings. The van der Waals surface area contributed by atoms with E-state index in [0.717, 1.165) is 0 Å². The summed E-state index contributed by atoms with van der Waals surface area (Å²) in [5, 5.41) is 10.2. The average molecular weight is 431 g/mol. The first-order chi connectivity index (χ1) is 16.8. The van der Waals surface area contributed by atoms with Crippen LogP contribution >= 0.6 is 0 Å². The Morgan fingerprint density at radius 1 is 0.265 bits per heavy atom. The van der Waals surface area contributed by atoms with E-state index >= 15 is 0 Å². The lowest BCUT2D eigenvalue weighted by Crippen LogP contribution is -1.86. The van der Waals surface area contributed by atoms with Crippen molar-refractivity contribution in [2.45, 2.75) is 0 Å². The van der Waals surface area contributed by atoms with E-state index in [2.05, 4.69) is 133 Å². The largest absolute Gasteiger partial charge is 0.0616 e. The topological polar surface area (TPSA) is 0 Å². The zero-order valence-electron chi connectivity index (χ0n) is 18.7. The number of hydrogen-bond acceptors (Lipinski definition) is 0. The fraction of sp³-hybridized carbons (Fsp3) is 0. The minimum Gasteiger partial charge on any atom is -0.0616 e. The van der Waals surface area contributed by atoms with Crippen LogP contribution in [0.1, 0.15) is 0 Å². The third kappa shape index (κ3) is 3.08. The molecule has 0 radical (unpaired) electrons. The van der Waals surface area contributed by atoms with Gasteiger partial charge in [-0.3, -0.25) is 0 Å². The molecule has 34 heavy (non-hydrogen) atoms. The maximum Gasteiger partial charge on any atom is -0.00988 e. The van der Waals surface area contributed by atoms with E-state index in [1.807, 2.05) is 0 Å². The summed E-state index contributed by atoms with van der Waals surface area (Å²) >= 11 is 0. The SMILES string of the molecule is c1ccc2cc(-c3cccc4cc5cccc(-c6ccc7ccccc7c6)c5cc34)ccc2c1. The summed E-state index contributed by atoms with van der Waals surface area (Å²) < 4.78 is 0. The normalized spacial score (nSPS) is 11.5. The molecule has 0 saturated carbocycles. The van der Waals surface area contributed by atoms with Crippen LogP contribution in [0.15, 0.2) is 133 Å². The van der Waals surface area contributed by atoms with E-state index in [9.17, 15) is 0 Å². The smallest absolute Gasteiger partial charge is 0.00988 e. The van der Waals surface area contributed by atoms with Crippen molar-refractivity contribution in [1.82, 2.24) is 0 Å². The second-order valence-electron chi connectivity index (χ2n) is 9.03. The van der Waals surface area contributed by atoms with Crippen molar-refractivity contribution in [3.63, 3.8) is 0 Å². The van der Waals surface area contributed by atoms with Crippen LogP contribution in [0.3, 0.4) is 0 Å². The second kappa shape index (κ2) is 7.57. The number of rotatable bonds is 2. The molecule has 7 rings (SSSR count). The van der Waals surface area contributed by atoms with Gasteiger partial charge >= 0.3 is 0 Å². The molecule has 7 aromatic rings. The lowest BCUT2D eigenvalue weighted by molar-refractivity contribution is 1.67. The number of benzene rings is 7. The lowest BCUT2D eigenvalue weighted by atomic mass is 9.91. The van der Waals surface area contributed by atoms with Gasteiger partial charge < -0.3 is 0 Å². The fourth-order valence-electron chi connectivity index (χ4n) is 5.27. The summed E-state index contributed by atoms with van der Waals surface area (Å²) in [5.74, 6) is 0. The molecular weight excluding hydrogens is 408 g/mol. The van der Waals surface area contributed by atoms with E-state index in [-0.39, 0.29) is 0 Å². The Morgan fingerprint density at radius 2 is 0.706 bits per heavy atom. The standard InChI is InChI=1S/C34H22/c1-3-9-25-19-29(17-15-23(25)7-1)31-13-5-11-27-21-28-12-6-14-32(34(28)22-33(27)31)30-18-16-24-8-2-4-10-26(24)20-30/h1-22H. The monoisotopic (exact) mass is 430 g/mol. The van der Waals surface area contributed by atoms with Gasteiger partial charge in [-0.25, -0.2) is 0 Å². The predicted octanol–water partition coefficient (Wildman–Crippen LogP) is 9.63. The Hall–Kier alpha value is -4.42. The Morgan fingerprint density at radius 3 is 1.21 bits per heavy atom. The first kappa shape index (κ1) is 19.1. The number of fused-ring (bicyclic) bond motifs is 4. The molecule has 7 aromatic carbocycles. The minimum atomic E-state index is 1.26. The maximum atomic E-state index is 2.39. The molecule has 0 aromatic heterocycles. The summed E-state index contributed by atoms with van der Waals surface area (Å²) in [7, 11) is 0. The Balaban J connectivity index is 1.48. The third-order valence-corrected chi connectivity index (χ3v) is 7.00. The molecule has 0 nitrogen and oxygen atoms in total. The molecule has 0 amide bonds. The molecule has 0 N–H and O–H groups in total. The Kier molecular flexibility index (Phi) is 4.25. The Labute approximate surface area is 198 Å². The molecule has 0 bridgehead atoms. The van der Waals surface area contributed by atoms with Crippen LogP contribution in [0.2, 0.25) is 0 Å². The van der Waals surface area contributed by atoms with Crippen LogP contribution in [-0.2, 0) is 0 Å². The van der Waals surface area contributed by atoms with Crippen molar-refractivity contribution in [1.29, 1.82) is 0 Å². The van der Waals surface area contributed by atoms with Crippen LogP contribution in [0.4, 0.5) is 0 Å². The van der Waals surface area contributed by atoms with Gasteiger partial charge in [0.25, 0.3) is 0 Å². The molecule has 0 saturated heterocycles. The quantitative estimate of drug-likeness (QED) is 0.239. The predicted molar refractivity (Wildman–Crippen MR) is 147 cm³/mol. The van der Waals surface area contributed by atoms with Crippen LogP contribution < -0.4 is 0 Å². The Bertz CT molecular complexity index is 1720. The summed E-state index contributed by atoms with van der Waals surface area (Å²) in [5.41, 5.74) is 5.07. The van der Waals surface area contributed by atoms with E-state index in [1.165, 1.54) is 65.3 Å². The van der Waals surface area contributed by atoms with Gasteiger partial charge in [0.1, 0.15) is 0 Å². The highest BCUT2D eigenvalue weighted by Crippen LogP contribution is 2.37. The van der Waals surface area contributed by atoms with Gasteiger partial charge in [0.05, 0.1) is 0 Å². The zero-order valence-corrected chi connectivity index (χ0v) is 18.7. The summed E-state index contributed by atoms with van der Waals surface area (Å²) in [6, 6.07) is 48.7. The van der Waals surface area contributed by atoms with Gasteiger partial charge in [0.2, 0.25) is 0 Å². The highest BCUT2D eigenvalue weighted by atomic mass is 14.1. The van der Waals surface area contributed by atoms with Crippen molar-refractivity contribution < 1.29 is 0 Å². The molecule has 0 atom stereocenters. The first-order valence-electron chi connectivity index (χ1n) is 11.8.